The molecule has 1 aromatic rings. The number of amides is 1. The number of carbonyl (C=O) groups excluding carboxylic acids is 1. The zero-order valence-corrected chi connectivity index (χ0v) is 11.9. The smallest absolute Gasteiger partial charge is 0.304 e. The van der Waals surface area contributed by atoms with E-state index in [1.165, 1.54) is 6.07 Å². The van der Waals surface area contributed by atoms with Crippen LogP contribution in [-0.4, -0.2) is 41.0 Å². The molecule has 0 bridgehead atoms. The van der Waals surface area contributed by atoms with Gasteiger partial charge in [0.2, 0.25) is 5.91 Å². The number of hydrogen-bond acceptors (Lipinski definition) is 3. The second kappa shape index (κ2) is 7.68. The first-order valence-corrected chi connectivity index (χ1v) is 6.54. The van der Waals surface area contributed by atoms with Gasteiger partial charge in [0.1, 0.15) is 17.3 Å². The summed E-state index contributed by atoms with van der Waals surface area (Å²) in [6, 6.07) is 2.93. The van der Waals surface area contributed by atoms with Crippen molar-refractivity contribution in [3.63, 3.8) is 0 Å². The number of likely N-dealkylation sites (N-methyl/N-ethyl adjacent to an activating group) is 1. The summed E-state index contributed by atoms with van der Waals surface area (Å²) in [5, 5.41) is 10.9. The first-order chi connectivity index (χ1) is 9.85. The molecule has 7 heteroatoms. The van der Waals surface area contributed by atoms with Gasteiger partial charge in [-0.05, 0) is 25.6 Å². The zero-order valence-electron chi connectivity index (χ0n) is 11.9. The Morgan fingerprint density at radius 3 is 2.38 bits per heavy atom. The molecule has 0 aliphatic rings. The summed E-state index contributed by atoms with van der Waals surface area (Å²) >= 11 is 0. The van der Waals surface area contributed by atoms with Crippen LogP contribution in [0.3, 0.4) is 0 Å². The molecule has 0 aliphatic carbocycles. The van der Waals surface area contributed by atoms with E-state index in [0.717, 1.165) is 12.1 Å². The molecule has 116 valence electrons. The van der Waals surface area contributed by atoms with E-state index in [9.17, 15) is 18.4 Å². The van der Waals surface area contributed by atoms with Gasteiger partial charge in [0.05, 0.1) is 13.0 Å². The molecule has 0 radical (unpaired) electrons. The maximum absolute atomic E-state index is 13.4. The predicted octanol–water partition coefficient (Wildman–Crippen LogP) is 2.09. The molecule has 0 saturated carbocycles. The Hall–Kier alpha value is -2.02. The van der Waals surface area contributed by atoms with Crippen molar-refractivity contribution in [2.24, 2.45) is 0 Å². The summed E-state index contributed by atoms with van der Waals surface area (Å²) in [7, 11) is 0. The third-order valence-corrected chi connectivity index (χ3v) is 3.07. The van der Waals surface area contributed by atoms with Crippen LogP contribution in [0.1, 0.15) is 20.3 Å². The second-order valence-corrected chi connectivity index (χ2v) is 4.65. The van der Waals surface area contributed by atoms with Crippen molar-refractivity contribution in [1.29, 1.82) is 0 Å². The summed E-state index contributed by atoms with van der Waals surface area (Å²) in [4.78, 5) is 24.1. The summed E-state index contributed by atoms with van der Waals surface area (Å²) in [6.45, 7) is 3.75. The Labute approximate surface area is 121 Å². The Morgan fingerprint density at radius 1 is 1.33 bits per heavy atom. The SMILES string of the molecule is CCN(CC(=O)Nc1c(F)cccc1F)C(C)CC(=O)O. The zero-order chi connectivity index (χ0) is 16.0. The number of anilines is 1. The molecule has 1 aromatic carbocycles. The summed E-state index contributed by atoms with van der Waals surface area (Å²) < 4.78 is 26.8. The van der Waals surface area contributed by atoms with Crippen molar-refractivity contribution >= 4 is 17.6 Å². The molecule has 0 fully saturated rings. The number of carboxylic acid groups (broad SMARTS) is 1. The van der Waals surface area contributed by atoms with Gasteiger partial charge in [-0.3, -0.25) is 14.5 Å². The van der Waals surface area contributed by atoms with Crippen LogP contribution in [0.25, 0.3) is 0 Å². The van der Waals surface area contributed by atoms with Gasteiger partial charge in [-0.25, -0.2) is 8.78 Å². The molecule has 0 aromatic heterocycles. The molecule has 2 N–H and O–H groups in total. The normalized spacial score (nSPS) is 12.2. The minimum absolute atomic E-state index is 0.116. The quantitative estimate of drug-likeness (QED) is 0.809. The van der Waals surface area contributed by atoms with Crippen molar-refractivity contribution in [3.05, 3.63) is 29.8 Å². The van der Waals surface area contributed by atoms with E-state index in [1.807, 2.05) is 0 Å². The number of halogens is 2. The average molecular weight is 300 g/mol. The first-order valence-electron chi connectivity index (χ1n) is 6.54. The van der Waals surface area contributed by atoms with Crippen LogP contribution in [0.2, 0.25) is 0 Å². The van der Waals surface area contributed by atoms with Crippen molar-refractivity contribution in [3.8, 4) is 0 Å². The number of para-hydroxylation sites is 1. The van der Waals surface area contributed by atoms with E-state index < -0.39 is 29.2 Å². The van der Waals surface area contributed by atoms with E-state index in [0.29, 0.717) is 6.54 Å². The van der Waals surface area contributed by atoms with Crippen LogP contribution in [0.4, 0.5) is 14.5 Å². The number of carbonyl (C=O) groups is 2. The molecule has 1 unspecified atom stereocenters. The highest BCUT2D eigenvalue weighted by molar-refractivity contribution is 5.92. The molecule has 5 nitrogen and oxygen atoms in total. The molecule has 0 aliphatic heterocycles. The minimum Gasteiger partial charge on any atom is -0.481 e. The van der Waals surface area contributed by atoms with Crippen LogP contribution >= 0.6 is 0 Å². The van der Waals surface area contributed by atoms with Crippen LogP contribution in [0.5, 0.6) is 0 Å². The number of aliphatic carboxylic acids is 1. The maximum atomic E-state index is 13.4. The van der Waals surface area contributed by atoms with E-state index >= 15 is 0 Å². The molecule has 21 heavy (non-hydrogen) atoms. The van der Waals surface area contributed by atoms with E-state index in [-0.39, 0.29) is 19.0 Å². The molecular formula is C14H18F2N2O3. The van der Waals surface area contributed by atoms with Gasteiger partial charge in [-0.15, -0.1) is 0 Å². The summed E-state index contributed by atoms with van der Waals surface area (Å²) in [5.74, 6) is -3.28. The van der Waals surface area contributed by atoms with Gasteiger partial charge in [-0.2, -0.15) is 0 Å². The first kappa shape index (κ1) is 17.0. The van der Waals surface area contributed by atoms with Crippen LogP contribution in [-0.2, 0) is 9.59 Å². The summed E-state index contributed by atoms with van der Waals surface area (Å²) in [5.41, 5.74) is -0.496. The predicted molar refractivity (Wildman–Crippen MR) is 73.9 cm³/mol. The number of nitrogens with zero attached hydrogens (tertiary/aromatic N) is 1. The number of carboxylic acids is 1. The van der Waals surface area contributed by atoms with Gasteiger partial charge in [-0.1, -0.05) is 13.0 Å². The second-order valence-electron chi connectivity index (χ2n) is 4.65. The van der Waals surface area contributed by atoms with Crippen LogP contribution < -0.4 is 5.32 Å². The summed E-state index contributed by atoms with van der Waals surface area (Å²) in [6.07, 6.45) is -0.116. The van der Waals surface area contributed by atoms with Crippen molar-refractivity contribution in [2.45, 2.75) is 26.3 Å². The van der Waals surface area contributed by atoms with Crippen molar-refractivity contribution < 1.29 is 23.5 Å². The fourth-order valence-corrected chi connectivity index (χ4v) is 1.94. The topological polar surface area (TPSA) is 69.6 Å². The maximum Gasteiger partial charge on any atom is 0.304 e. The van der Waals surface area contributed by atoms with Crippen LogP contribution in [0.15, 0.2) is 18.2 Å². The Balaban J connectivity index is 2.69. The van der Waals surface area contributed by atoms with Gasteiger partial charge in [0.25, 0.3) is 0 Å². The third kappa shape index (κ3) is 5.11. The van der Waals surface area contributed by atoms with E-state index in [1.54, 1.807) is 18.7 Å². The Morgan fingerprint density at radius 2 is 1.90 bits per heavy atom. The molecule has 1 rings (SSSR count). The molecule has 1 amide bonds. The number of nitrogens with one attached hydrogen (secondary N) is 1. The fraction of sp³-hybridized carbons (Fsp3) is 0.429. The Bertz CT molecular complexity index is 503. The molecular weight excluding hydrogens is 282 g/mol. The largest absolute Gasteiger partial charge is 0.481 e. The van der Waals surface area contributed by atoms with E-state index in [4.69, 9.17) is 5.11 Å². The van der Waals surface area contributed by atoms with Crippen molar-refractivity contribution in [1.82, 2.24) is 4.90 Å². The standard InChI is InChI=1S/C14H18F2N2O3/c1-3-18(9(2)7-13(20)21)8-12(19)17-14-10(15)5-4-6-11(14)16/h4-6,9H,3,7-8H2,1-2H3,(H,17,19)(H,20,21). The lowest BCUT2D eigenvalue weighted by Crippen LogP contribution is -2.40. The third-order valence-electron chi connectivity index (χ3n) is 3.07. The van der Waals surface area contributed by atoms with Gasteiger partial charge < -0.3 is 10.4 Å². The number of benzene rings is 1. The lowest BCUT2D eigenvalue weighted by Gasteiger charge is -2.26. The number of hydrogen-bond donors (Lipinski definition) is 2. The minimum atomic E-state index is -0.971. The van der Waals surface area contributed by atoms with Crippen LogP contribution in [0, 0.1) is 11.6 Å². The lowest BCUT2D eigenvalue weighted by atomic mass is 10.2. The highest BCUT2D eigenvalue weighted by Gasteiger charge is 2.19. The highest BCUT2D eigenvalue weighted by Crippen LogP contribution is 2.18. The molecule has 0 saturated heterocycles. The monoisotopic (exact) mass is 300 g/mol. The molecule has 0 heterocycles. The molecule has 1 atom stereocenters. The van der Waals surface area contributed by atoms with Gasteiger partial charge in [0, 0.05) is 6.04 Å². The van der Waals surface area contributed by atoms with E-state index in [2.05, 4.69) is 5.32 Å². The number of rotatable bonds is 7. The molecule has 0 spiro atoms. The van der Waals surface area contributed by atoms with Gasteiger partial charge in [0.15, 0.2) is 0 Å². The lowest BCUT2D eigenvalue weighted by molar-refractivity contribution is -0.138. The fourth-order valence-electron chi connectivity index (χ4n) is 1.94. The Kier molecular flexibility index (Phi) is 6.23. The average Bonchev–Trinajstić information content (AvgIpc) is 2.39. The van der Waals surface area contributed by atoms with Crippen molar-refractivity contribution in [2.75, 3.05) is 18.4 Å². The highest BCUT2D eigenvalue weighted by atomic mass is 19.1. The van der Waals surface area contributed by atoms with Gasteiger partial charge >= 0.3 is 5.97 Å².